The summed E-state index contributed by atoms with van der Waals surface area (Å²) in [6.45, 7) is 1.67. The number of nitrogens with one attached hydrogen (secondary N) is 1. The number of rotatable bonds is 5. The van der Waals surface area contributed by atoms with Crippen LogP contribution in [0.25, 0.3) is 0 Å². The summed E-state index contributed by atoms with van der Waals surface area (Å²) in [5, 5.41) is 0.334. The van der Waals surface area contributed by atoms with Crippen LogP contribution in [-0.2, 0) is 20.0 Å². The van der Waals surface area contributed by atoms with Gasteiger partial charge in [-0.25, -0.2) is 21.1 Å². The van der Waals surface area contributed by atoms with Gasteiger partial charge in [-0.15, -0.1) is 0 Å². The molecule has 0 aliphatic heterocycles. The first-order valence-electron chi connectivity index (χ1n) is 6.96. The summed E-state index contributed by atoms with van der Waals surface area (Å²) in [4.78, 5) is -0.0999. The van der Waals surface area contributed by atoms with Crippen LogP contribution in [0.2, 0.25) is 10.0 Å². The van der Waals surface area contributed by atoms with Crippen molar-refractivity contribution in [3.8, 4) is 0 Å². The third-order valence-electron chi connectivity index (χ3n) is 3.43. The zero-order chi connectivity index (χ0) is 19.0. The fourth-order valence-electron chi connectivity index (χ4n) is 1.93. The molecule has 0 atom stereocenters. The number of sulfonamides is 2. The molecule has 0 heterocycles. The van der Waals surface area contributed by atoms with Crippen molar-refractivity contribution in [2.75, 3.05) is 18.8 Å². The Morgan fingerprint density at radius 2 is 1.48 bits per heavy atom. The van der Waals surface area contributed by atoms with Crippen LogP contribution in [0.15, 0.2) is 46.2 Å². The lowest BCUT2D eigenvalue weighted by Crippen LogP contribution is -2.22. The minimum atomic E-state index is -3.96. The number of anilines is 1. The van der Waals surface area contributed by atoms with E-state index in [2.05, 4.69) is 4.72 Å². The highest BCUT2D eigenvalue weighted by Crippen LogP contribution is 2.28. The Morgan fingerprint density at radius 1 is 0.880 bits per heavy atom. The van der Waals surface area contributed by atoms with E-state index in [0.717, 1.165) is 4.31 Å². The lowest BCUT2D eigenvalue weighted by molar-refractivity contribution is 0.520. The van der Waals surface area contributed by atoms with Crippen molar-refractivity contribution in [2.24, 2.45) is 0 Å². The van der Waals surface area contributed by atoms with Crippen LogP contribution in [0.1, 0.15) is 5.56 Å². The fourth-order valence-corrected chi connectivity index (χ4v) is 4.37. The molecule has 1 N–H and O–H groups in total. The van der Waals surface area contributed by atoms with E-state index in [1.807, 2.05) is 0 Å². The Balaban J connectivity index is 2.47. The van der Waals surface area contributed by atoms with E-state index < -0.39 is 20.0 Å². The molecule has 0 unspecified atom stereocenters. The third-order valence-corrected chi connectivity index (χ3v) is 7.35. The molecule has 0 amide bonds. The van der Waals surface area contributed by atoms with Crippen LogP contribution in [0.5, 0.6) is 0 Å². The lowest BCUT2D eigenvalue weighted by atomic mass is 10.2. The molecule has 0 aliphatic rings. The van der Waals surface area contributed by atoms with Gasteiger partial charge in [0, 0.05) is 14.1 Å². The van der Waals surface area contributed by atoms with E-state index >= 15 is 0 Å². The molecule has 0 bridgehead atoms. The molecular weight excluding hydrogens is 407 g/mol. The van der Waals surface area contributed by atoms with Gasteiger partial charge in [0.05, 0.1) is 25.5 Å². The maximum atomic E-state index is 12.5. The van der Waals surface area contributed by atoms with Gasteiger partial charge in [0.2, 0.25) is 10.0 Å². The molecule has 136 valence electrons. The van der Waals surface area contributed by atoms with Crippen molar-refractivity contribution in [2.45, 2.75) is 16.7 Å². The molecule has 0 aromatic heterocycles. The predicted octanol–water partition coefficient (Wildman–Crippen LogP) is 3.35. The smallest absolute Gasteiger partial charge is 0.261 e. The van der Waals surface area contributed by atoms with E-state index in [0.29, 0.717) is 5.56 Å². The molecule has 2 aromatic carbocycles. The van der Waals surface area contributed by atoms with E-state index in [1.54, 1.807) is 6.92 Å². The highest BCUT2D eigenvalue weighted by Gasteiger charge is 2.21. The first-order chi connectivity index (χ1) is 11.4. The zero-order valence-electron chi connectivity index (χ0n) is 13.6. The number of hydrogen-bond acceptors (Lipinski definition) is 4. The van der Waals surface area contributed by atoms with Gasteiger partial charge < -0.3 is 0 Å². The summed E-state index contributed by atoms with van der Waals surface area (Å²) in [5.74, 6) is 0. The number of halogens is 2. The van der Waals surface area contributed by atoms with Crippen LogP contribution >= 0.6 is 23.2 Å². The van der Waals surface area contributed by atoms with Crippen molar-refractivity contribution in [3.05, 3.63) is 52.0 Å². The second kappa shape index (κ2) is 7.13. The van der Waals surface area contributed by atoms with Crippen LogP contribution in [-0.4, -0.2) is 35.2 Å². The predicted molar refractivity (Wildman–Crippen MR) is 99.3 cm³/mol. The fraction of sp³-hybridized carbons (Fsp3) is 0.200. The summed E-state index contributed by atoms with van der Waals surface area (Å²) in [5.41, 5.74) is 0.732. The molecule has 0 radical (unpaired) electrons. The second-order valence-corrected chi connectivity index (χ2v) is 10.1. The van der Waals surface area contributed by atoms with Crippen molar-refractivity contribution in [1.29, 1.82) is 0 Å². The number of nitrogens with zero attached hydrogens (tertiary/aromatic N) is 1. The monoisotopic (exact) mass is 422 g/mol. The first kappa shape index (κ1) is 20.0. The highest BCUT2D eigenvalue weighted by molar-refractivity contribution is 7.92. The van der Waals surface area contributed by atoms with Crippen LogP contribution in [0.4, 0.5) is 5.69 Å². The van der Waals surface area contributed by atoms with E-state index in [1.165, 1.54) is 50.5 Å². The molecule has 10 heteroatoms. The Kier molecular flexibility index (Phi) is 5.70. The van der Waals surface area contributed by atoms with Crippen LogP contribution in [0.3, 0.4) is 0 Å². The summed E-state index contributed by atoms with van der Waals surface area (Å²) >= 11 is 11.7. The van der Waals surface area contributed by atoms with E-state index in [-0.39, 0.29) is 25.5 Å². The zero-order valence-corrected chi connectivity index (χ0v) is 16.8. The van der Waals surface area contributed by atoms with Gasteiger partial charge in [0.25, 0.3) is 10.0 Å². The average Bonchev–Trinajstić information content (AvgIpc) is 2.51. The minimum absolute atomic E-state index is 0.0186. The molecule has 6 nitrogen and oxygen atoms in total. The van der Waals surface area contributed by atoms with E-state index in [9.17, 15) is 16.8 Å². The topological polar surface area (TPSA) is 83.6 Å². The Morgan fingerprint density at radius 3 is 2.04 bits per heavy atom. The van der Waals surface area contributed by atoms with Gasteiger partial charge in [0.15, 0.2) is 0 Å². The lowest BCUT2D eigenvalue weighted by Gasteiger charge is -2.15. The number of benzene rings is 2. The van der Waals surface area contributed by atoms with Crippen molar-refractivity contribution < 1.29 is 16.8 Å². The Bertz CT molecular complexity index is 1020. The molecular formula is C15H16Cl2N2O4S2. The highest BCUT2D eigenvalue weighted by atomic mass is 35.5. The average molecular weight is 423 g/mol. The van der Waals surface area contributed by atoms with Crippen molar-refractivity contribution in [1.82, 2.24) is 4.31 Å². The van der Waals surface area contributed by atoms with Gasteiger partial charge in [-0.1, -0.05) is 29.3 Å². The van der Waals surface area contributed by atoms with Gasteiger partial charge in [0.1, 0.15) is 0 Å². The van der Waals surface area contributed by atoms with Crippen LogP contribution < -0.4 is 4.72 Å². The maximum Gasteiger partial charge on any atom is 0.261 e. The van der Waals surface area contributed by atoms with Crippen molar-refractivity contribution in [3.63, 3.8) is 0 Å². The molecule has 0 saturated carbocycles. The normalized spacial score (nSPS) is 12.4. The summed E-state index contributed by atoms with van der Waals surface area (Å²) in [6, 6.07) is 8.14. The molecule has 25 heavy (non-hydrogen) atoms. The molecule has 0 saturated heterocycles. The molecule has 2 rings (SSSR count). The SMILES string of the molecule is Cc1ccc(S(=O)(=O)N(C)C)cc1NS(=O)(=O)c1ccc(Cl)c(Cl)c1. The van der Waals surface area contributed by atoms with Crippen molar-refractivity contribution >= 4 is 48.9 Å². The van der Waals surface area contributed by atoms with E-state index in [4.69, 9.17) is 23.2 Å². The van der Waals surface area contributed by atoms with Gasteiger partial charge in [-0.2, -0.15) is 0 Å². The maximum absolute atomic E-state index is 12.5. The molecule has 0 aliphatic carbocycles. The Labute approximate surface area is 157 Å². The largest absolute Gasteiger partial charge is 0.279 e. The molecule has 2 aromatic rings. The summed E-state index contributed by atoms with van der Waals surface area (Å²) < 4.78 is 53.0. The van der Waals surface area contributed by atoms with Gasteiger partial charge >= 0.3 is 0 Å². The summed E-state index contributed by atoms with van der Waals surface area (Å²) in [6.07, 6.45) is 0. The molecule has 0 spiro atoms. The van der Waals surface area contributed by atoms with Crippen LogP contribution in [0, 0.1) is 6.92 Å². The molecule has 0 fully saturated rings. The standard InChI is InChI=1S/C15H16Cl2N2O4S2/c1-10-4-5-12(25(22,23)19(2)3)9-15(10)18-24(20,21)11-6-7-13(16)14(17)8-11/h4-9,18H,1-3H3. The third kappa shape index (κ3) is 4.27. The minimum Gasteiger partial charge on any atom is -0.279 e. The first-order valence-corrected chi connectivity index (χ1v) is 10.6. The summed E-state index contributed by atoms with van der Waals surface area (Å²) in [7, 11) is -4.85. The number of aryl methyl sites for hydroxylation is 1. The quantitative estimate of drug-likeness (QED) is 0.800. The number of hydrogen-bond donors (Lipinski definition) is 1. The Hall–Kier alpha value is -1.32. The van der Waals surface area contributed by atoms with Gasteiger partial charge in [-0.05, 0) is 42.8 Å². The van der Waals surface area contributed by atoms with Gasteiger partial charge in [-0.3, -0.25) is 4.72 Å². The second-order valence-electron chi connectivity index (χ2n) is 5.45.